The third-order valence-corrected chi connectivity index (χ3v) is 15.3. The number of nitrogens with one attached hydrogen (secondary N) is 1. The van der Waals surface area contributed by atoms with Gasteiger partial charge in [0, 0.05) is 37.1 Å². The van der Waals surface area contributed by atoms with E-state index in [0.29, 0.717) is 43.1 Å². The predicted molar refractivity (Wildman–Crippen MR) is 185 cm³/mol. The number of carbonyl (C=O) groups excluding carboxylic acids is 1. The van der Waals surface area contributed by atoms with Crippen molar-refractivity contribution in [2.45, 2.75) is 160 Å². The Hall–Kier alpha value is -1.63. The largest absolute Gasteiger partial charge is 0.352 e. The average Bonchev–Trinajstić information content (AvgIpc) is 3.49. The Kier molecular flexibility index (Phi) is 8.75. The molecule has 1 N–H and O–H groups in total. The highest BCUT2D eigenvalue weighted by atomic mass is 17.3. The smallest absolute Gasteiger partial charge is 0.223 e. The zero-order valence-corrected chi connectivity index (χ0v) is 31.3. The predicted octanol–water partition coefficient (Wildman–Crippen LogP) is 7.20. The third-order valence-electron chi connectivity index (χ3n) is 15.3. The number of amides is 1. The SMILES string of the molecule is C[C@H]1[C@@H](CC(C[C@H]2O[C@@H]3O[C@@]4(C)CC[C@H]5[C@H](C)CC[C@@H]([C@H]2C)[C@@]35OO4)C(=O)NCc2ccccc2)O[C@@H]2O[C@@]3(C)CC[C@H]4[C@H](C)CC[C@@H]1[C@@]24OO3. The normalized spacial score (nSPS) is 51.8. The summed E-state index contributed by atoms with van der Waals surface area (Å²) in [5.74, 6) is 0.294. The first-order chi connectivity index (χ1) is 24.4. The van der Waals surface area contributed by atoms with E-state index >= 15 is 0 Å². The van der Waals surface area contributed by atoms with E-state index in [9.17, 15) is 4.79 Å². The van der Waals surface area contributed by atoms with Gasteiger partial charge in [0.2, 0.25) is 17.5 Å². The van der Waals surface area contributed by atoms with Crippen LogP contribution in [-0.4, -0.2) is 53.5 Å². The Morgan fingerprint density at radius 2 is 1.18 bits per heavy atom. The topological polar surface area (TPSA) is 103 Å². The zero-order valence-electron chi connectivity index (χ0n) is 31.3. The van der Waals surface area contributed by atoms with Crippen molar-refractivity contribution in [1.82, 2.24) is 5.32 Å². The molecule has 282 valence electrons. The maximum Gasteiger partial charge on any atom is 0.223 e. The van der Waals surface area contributed by atoms with Crippen LogP contribution in [0.4, 0.5) is 0 Å². The second-order valence-corrected chi connectivity index (χ2v) is 18.3. The lowest BCUT2D eigenvalue weighted by molar-refractivity contribution is -0.571. The highest BCUT2D eigenvalue weighted by molar-refractivity contribution is 5.78. The zero-order chi connectivity index (χ0) is 35.3. The van der Waals surface area contributed by atoms with E-state index < -0.39 is 35.4 Å². The first kappa shape index (κ1) is 35.1. The molecule has 0 unspecified atom stereocenters. The van der Waals surface area contributed by atoms with Gasteiger partial charge in [0.05, 0.1) is 12.2 Å². The molecule has 2 saturated carbocycles. The van der Waals surface area contributed by atoms with Crippen molar-refractivity contribution in [2.24, 2.45) is 53.3 Å². The lowest BCUT2D eigenvalue weighted by atomic mass is 9.56. The van der Waals surface area contributed by atoms with Crippen LogP contribution in [0, 0.1) is 53.3 Å². The Morgan fingerprint density at radius 1 is 0.686 bits per heavy atom. The molecule has 10 nitrogen and oxygen atoms in total. The molecule has 0 aromatic heterocycles. The highest BCUT2D eigenvalue weighted by Gasteiger charge is 2.71. The minimum absolute atomic E-state index is 0.0287. The van der Waals surface area contributed by atoms with Crippen LogP contribution >= 0.6 is 0 Å². The van der Waals surface area contributed by atoms with Crippen molar-refractivity contribution in [1.29, 1.82) is 0 Å². The number of carbonyl (C=O) groups is 1. The summed E-state index contributed by atoms with van der Waals surface area (Å²) in [5.41, 5.74) is -0.191. The monoisotopic (exact) mass is 709 g/mol. The fraction of sp³-hybridized carbons (Fsp3) is 0.829. The van der Waals surface area contributed by atoms with Gasteiger partial charge in [-0.25, -0.2) is 19.6 Å². The first-order valence-corrected chi connectivity index (χ1v) is 20.2. The van der Waals surface area contributed by atoms with Gasteiger partial charge in [-0.1, -0.05) is 58.0 Å². The van der Waals surface area contributed by atoms with Crippen LogP contribution in [0.3, 0.4) is 0 Å². The van der Waals surface area contributed by atoms with Crippen LogP contribution in [0.15, 0.2) is 30.3 Å². The van der Waals surface area contributed by atoms with Gasteiger partial charge in [-0.05, 0) is 106 Å². The fourth-order valence-corrected chi connectivity index (χ4v) is 12.3. The van der Waals surface area contributed by atoms with Crippen LogP contribution in [0.2, 0.25) is 0 Å². The van der Waals surface area contributed by atoms with Crippen LogP contribution in [0.25, 0.3) is 0 Å². The maximum atomic E-state index is 14.4. The summed E-state index contributed by atoms with van der Waals surface area (Å²) >= 11 is 0. The van der Waals surface area contributed by atoms with Gasteiger partial charge < -0.3 is 24.3 Å². The highest BCUT2D eigenvalue weighted by Crippen LogP contribution is 2.63. The quantitative estimate of drug-likeness (QED) is 0.295. The second-order valence-electron chi connectivity index (χ2n) is 18.3. The van der Waals surface area contributed by atoms with E-state index in [2.05, 4.69) is 45.1 Å². The van der Waals surface area contributed by atoms with Gasteiger partial charge in [-0.3, -0.25) is 4.79 Å². The summed E-state index contributed by atoms with van der Waals surface area (Å²) in [5, 5.41) is 3.30. The molecule has 8 heterocycles. The molecule has 10 aliphatic rings. The Morgan fingerprint density at radius 3 is 1.67 bits per heavy atom. The molecule has 8 aliphatic heterocycles. The molecule has 1 amide bonds. The van der Waals surface area contributed by atoms with E-state index in [4.69, 9.17) is 38.5 Å². The number of benzene rings is 1. The van der Waals surface area contributed by atoms with Gasteiger partial charge in [0.15, 0.2) is 23.8 Å². The van der Waals surface area contributed by atoms with Crippen molar-refractivity contribution < 1.29 is 43.3 Å². The fourth-order valence-electron chi connectivity index (χ4n) is 12.3. The molecule has 2 spiro atoms. The third kappa shape index (κ3) is 5.51. The van der Waals surface area contributed by atoms with E-state index in [1.54, 1.807) is 0 Å². The van der Waals surface area contributed by atoms with Crippen LogP contribution in [-0.2, 0) is 49.8 Å². The van der Waals surface area contributed by atoms with E-state index in [-0.39, 0.29) is 47.7 Å². The molecule has 4 bridgehead atoms. The Labute approximate surface area is 303 Å². The summed E-state index contributed by atoms with van der Waals surface area (Å²) in [7, 11) is 0. The van der Waals surface area contributed by atoms with Crippen molar-refractivity contribution >= 4 is 5.91 Å². The number of rotatable bonds is 7. The van der Waals surface area contributed by atoms with E-state index in [1.807, 2.05) is 32.0 Å². The number of ether oxygens (including phenoxy) is 4. The summed E-state index contributed by atoms with van der Waals surface area (Å²) < 4.78 is 27.5. The second kappa shape index (κ2) is 12.7. The molecular formula is C41H59NO9. The van der Waals surface area contributed by atoms with Gasteiger partial charge in [-0.2, -0.15) is 0 Å². The molecule has 11 rings (SSSR count). The molecular weight excluding hydrogens is 650 g/mol. The van der Waals surface area contributed by atoms with E-state index in [1.165, 1.54) is 0 Å². The number of hydrogen-bond acceptors (Lipinski definition) is 9. The summed E-state index contributed by atoms with van der Waals surface area (Å²) in [6.45, 7) is 13.7. The average molecular weight is 710 g/mol. The lowest BCUT2D eigenvalue weighted by Crippen LogP contribution is -2.70. The molecule has 51 heavy (non-hydrogen) atoms. The molecule has 16 atom stereocenters. The number of fused-ring (bicyclic) bond motifs is 4. The van der Waals surface area contributed by atoms with Crippen molar-refractivity contribution in [2.75, 3.05) is 0 Å². The van der Waals surface area contributed by atoms with Crippen molar-refractivity contribution in [3.8, 4) is 0 Å². The Balaban J connectivity index is 1.00. The Bertz CT molecular complexity index is 1380. The summed E-state index contributed by atoms with van der Waals surface area (Å²) in [4.78, 5) is 39.5. The maximum absolute atomic E-state index is 14.4. The molecule has 2 aliphatic carbocycles. The first-order valence-electron chi connectivity index (χ1n) is 20.2. The van der Waals surface area contributed by atoms with Gasteiger partial charge >= 0.3 is 0 Å². The minimum Gasteiger partial charge on any atom is -0.352 e. The van der Waals surface area contributed by atoms with Crippen LogP contribution in [0.1, 0.15) is 111 Å². The molecule has 1 aromatic rings. The van der Waals surface area contributed by atoms with Gasteiger partial charge in [0.1, 0.15) is 0 Å². The van der Waals surface area contributed by atoms with Crippen molar-refractivity contribution in [3.63, 3.8) is 0 Å². The van der Waals surface area contributed by atoms with Crippen LogP contribution < -0.4 is 5.32 Å². The molecule has 1 aromatic carbocycles. The summed E-state index contributed by atoms with van der Waals surface area (Å²) in [6.07, 6.45) is 7.54. The minimum atomic E-state index is -0.841. The molecule has 8 saturated heterocycles. The van der Waals surface area contributed by atoms with Gasteiger partial charge in [0.25, 0.3) is 0 Å². The van der Waals surface area contributed by atoms with Gasteiger partial charge in [-0.15, -0.1) is 0 Å². The molecule has 0 radical (unpaired) electrons. The molecule has 10 fully saturated rings. The standard InChI is InChI=1S/C41H59NO9/c1-23-12-14-31-25(3)33(44-36-40(31)29(23)16-18-38(5,46-36)48-50-40)20-28(35(43)42-22-27-10-8-7-9-11-27)21-34-26(4)32-15-13-24(2)30-17-19-39(6)47-37(45-34)41(30,32)51-49-39/h7-11,23-26,28-34,36-37H,12-22H2,1-6H3,(H,42,43)/t23-,24-,25-,26-,29+,30+,31+,32+,33-,34-,36-,37-,38-,39-,40-,41-/m1/s1. The van der Waals surface area contributed by atoms with E-state index in [0.717, 1.165) is 56.9 Å². The van der Waals surface area contributed by atoms with Crippen LogP contribution in [0.5, 0.6) is 0 Å². The number of hydrogen-bond donors (Lipinski definition) is 1. The lowest BCUT2D eigenvalue weighted by Gasteiger charge is -2.61. The van der Waals surface area contributed by atoms with Crippen molar-refractivity contribution in [3.05, 3.63) is 35.9 Å². The molecule has 10 heteroatoms. The summed E-state index contributed by atoms with van der Waals surface area (Å²) in [6, 6.07) is 10.1.